The lowest BCUT2D eigenvalue weighted by Gasteiger charge is -2.08. The summed E-state index contributed by atoms with van der Waals surface area (Å²) >= 11 is 0. The molecule has 0 aromatic heterocycles. The van der Waals surface area contributed by atoms with Crippen molar-refractivity contribution in [3.8, 4) is 0 Å². The van der Waals surface area contributed by atoms with Crippen molar-refractivity contribution in [2.24, 2.45) is 5.92 Å². The van der Waals surface area contributed by atoms with E-state index in [9.17, 15) is 8.78 Å². The predicted molar refractivity (Wildman–Crippen MR) is 52.0 cm³/mol. The van der Waals surface area contributed by atoms with Crippen LogP contribution in [0.1, 0.15) is 13.3 Å². The summed E-state index contributed by atoms with van der Waals surface area (Å²) in [5.41, 5.74) is 5.34. The molecule has 0 heterocycles. The van der Waals surface area contributed by atoms with E-state index in [1.54, 1.807) is 0 Å². The second kappa shape index (κ2) is 3.12. The minimum atomic E-state index is -0.624. The van der Waals surface area contributed by atoms with E-state index in [0.29, 0.717) is 5.92 Å². The van der Waals surface area contributed by atoms with Crippen molar-refractivity contribution in [3.63, 3.8) is 0 Å². The van der Waals surface area contributed by atoms with Crippen molar-refractivity contribution in [1.82, 2.24) is 0 Å². The van der Waals surface area contributed by atoms with Gasteiger partial charge in [0.15, 0.2) is 11.6 Å². The quantitative estimate of drug-likeness (QED) is 0.716. The highest BCUT2D eigenvalue weighted by molar-refractivity contribution is 5.55. The standard InChI is InChI=1S/C10H12F2N2/c1-5-2-9(5)14-10-7(11)3-6(13)4-8(10)12/h3-5,9,14H,2,13H2,1H3. The Labute approximate surface area is 81.1 Å². The third kappa shape index (κ3) is 1.64. The molecule has 14 heavy (non-hydrogen) atoms. The summed E-state index contributed by atoms with van der Waals surface area (Å²) in [5, 5.41) is 2.82. The van der Waals surface area contributed by atoms with E-state index < -0.39 is 11.6 Å². The van der Waals surface area contributed by atoms with E-state index in [1.165, 1.54) is 0 Å². The molecule has 1 aromatic carbocycles. The molecule has 0 amide bonds. The van der Waals surface area contributed by atoms with Gasteiger partial charge in [-0.1, -0.05) is 6.92 Å². The first-order chi connectivity index (χ1) is 6.58. The van der Waals surface area contributed by atoms with Crippen LogP contribution < -0.4 is 11.1 Å². The van der Waals surface area contributed by atoms with Crippen LogP contribution in [0.4, 0.5) is 20.2 Å². The van der Waals surface area contributed by atoms with E-state index in [2.05, 4.69) is 5.32 Å². The fourth-order valence-electron chi connectivity index (χ4n) is 1.44. The molecule has 0 saturated heterocycles. The second-order valence-electron chi connectivity index (χ2n) is 3.82. The van der Waals surface area contributed by atoms with Gasteiger partial charge in [-0.3, -0.25) is 0 Å². The van der Waals surface area contributed by atoms with Crippen LogP contribution in [0, 0.1) is 17.6 Å². The smallest absolute Gasteiger partial charge is 0.151 e. The van der Waals surface area contributed by atoms with Crippen molar-refractivity contribution in [1.29, 1.82) is 0 Å². The lowest BCUT2D eigenvalue weighted by molar-refractivity contribution is 0.588. The number of nitrogens with one attached hydrogen (secondary N) is 1. The number of halogens is 2. The number of nitrogens with two attached hydrogens (primary N) is 1. The summed E-state index contributed by atoms with van der Waals surface area (Å²) in [6.07, 6.45) is 0.962. The van der Waals surface area contributed by atoms with Crippen LogP contribution in [0.3, 0.4) is 0 Å². The molecule has 2 rings (SSSR count). The summed E-state index contributed by atoms with van der Waals surface area (Å²) in [7, 11) is 0. The molecule has 0 aliphatic heterocycles. The molecule has 0 spiro atoms. The van der Waals surface area contributed by atoms with Gasteiger partial charge in [-0.05, 0) is 24.5 Å². The molecule has 2 atom stereocenters. The van der Waals surface area contributed by atoms with Gasteiger partial charge in [0.25, 0.3) is 0 Å². The SMILES string of the molecule is CC1CC1Nc1c(F)cc(N)cc1F. The van der Waals surface area contributed by atoms with Crippen LogP contribution in [0.2, 0.25) is 0 Å². The van der Waals surface area contributed by atoms with Crippen LogP contribution in [0.25, 0.3) is 0 Å². The van der Waals surface area contributed by atoms with Gasteiger partial charge < -0.3 is 11.1 Å². The van der Waals surface area contributed by atoms with Crippen molar-refractivity contribution < 1.29 is 8.78 Å². The summed E-state index contributed by atoms with van der Waals surface area (Å²) in [5.74, 6) is -0.755. The van der Waals surface area contributed by atoms with Gasteiger partial charge in [0.05, 0.1) is 0 Å². The predicted octanol–water partition coefficient (Wildman–Crippen LogP) is 2.37. The van der Waals surface area contributed by atoms with Crippen LogP contribution in [-0.2, 0) is 0 Å². The Morgan fingerprint density at radius 1 is 1.36 bits per heavy atom. The molecule has 1 aliphatic rings. The molecule has 1 fully saturated rings. The van der Waals surface area contributed by atoms with Crippen molar-refractivity contribution in [2.75, 3.05) is 11.1 Å². The van der Waals surface area contributed by atoms with Gasteiger partial charge in [-0.15, -0.1) is 0 Å². The summed E-state index contributed by atoms with van der Waals surface area (Å²) in [6.45, 7) is 2.03. The molecule has 2 nitrogen and oxygen atoms in total. The summed E-state index contributed by atoms with van der Waals surface area (Å²) < 4.78 is 26.5. The Morgan fingerprint density at radius 2 is 1.86 bits per heavy atom. The molecule has 3 N–H and O–H groups in total. The number of nitrogen functional groups attached to an aromatic ring is 1. The minimum absolute atomic E-state index is 0.0615. The summed E-state index contributed by atoms with van der Waals surface area (Å²) in [4.78, 5) is 0. The average Bonchev–Trinajstić information content (AvgIpc) is 2.74. The maximum Gasteiger partial charge on any atom is 0.151 e. The third-order valence-electron chi connectivity index (χ3n) is 2.50. The third-order valence-corrected chi connectivity index (χ3v) is 2.50. The lowest BCUT2D eigenvalue weighted by atomic mass is 10.2. The molecule has 0 radical (unpaired) electrons. The highest BCUT2D eigenvalue weighted by atomic mass is 19.1. The molecule has 4 heteroatoms. The van der Waals surface area contributed by atoms with E-state index in [0.717, 1.165) is 18.6 Å². The number of anilines is 2. The first-order valence-corrected chi connectivity index (χ1v) is 4.59. The van der Waals surface area contributed by atoms with E-state index in [-0.39, 0.29) is 17.4 Å². The number of rotatable bonds is 2. The molecule has 76 valence electrons. The van der Waals surface area contributed by atoms with Crippen molar-refractivity contribution >= 4 is 11.4 Å². The lowest BCUT2D eigenvalue weighted by Crippen LogP contribution is -2.08. The van der Waals surface area contributed by atoms with Crippen molar-refractivity contribution in [2.45, 2.75) is 19.4 Å². The van der Waals surface area contributed by atoms with Gasteiger partial charge >= 0.3 is 0 Å². The normalized spacial score (nSPS) is 24.8. The van der Waals surface area contributed by atoms with Crippen LogP contribution in [-0.4, -0.2) is 6.04 Å². The molecule has 1 aromatic rings. The summed E-state index contributed by atoms with van der Waals surface area (Å²) in [6, 6.07) is 2.44. The second-order valence-corrected chi connectivity index (χ2v) is 3.82. The zero-order valence-corrected chi connectivity index (χ0v) is 7.85. The number of hydrogen-bond donors (Lipinski definition) is 2. The molecule has 2 unspecified atom stereocenters. The Morgan fingerprint density at radius 3 is 2.29 bits per heavy atom. The zero-order chi connectivity index (χ0) is 10.3. The average molecular weight is 198 g/mol. The molecule has 1 aliphatic carbocycles. The van der Waals surface area contributed by atoms with Crippen LogP contribution in [0.15, 0.2) is 12.1 Å². The van der Waals surface area contributed by atoms with Gasteiger partial charge in [0, 0.05) is 11.7 Å². The monoisotopic (exact) mass is 198 g/mol. The van der Waals surface area contributed by atoms with Gasteiger partial charge in [0.1, 0.15) is 5.69 Å². The first kappa shape index (κ1) is 9.24. The zero-order valence-electron chi connectivity index (χ0n) is 7.85. The number of hydrogen-bond acceptors (Lipinski definition) is 2. The maximum absolute atomic E-state index is 13.2. The maximum atomic E-state index is 13.2. The Hall–Kier alpha value is -1.32. The molecular weight excluding hydrogens is 186 g/mol. The first-order valence-electron chi connectivity index (χ1n) is 4.59. The van der Waals surface area contributed by atoms with E-state index in [4.69, 9.17) is 5.73 Å². The molecule has 0 bridgehead atoms. The Bertz CT molecular complexity index is 342. The van der Waals surface area contributed by atoms with Gasteiger partial charge in [0.2, 0.25) is 0 Å². The largest absolute Gasteiger partial charge is 0.399 e. The van der Waals surface area contributed by atoms with Gasteiger partial charge in [-0.25, -0.2) is 8.78 Å². The fraction of sp³-hybridized carbons (Fsp3) is 0.400. The van der Waals surface area contributed by atoms with Crippen molar-refractivity contribution in [3.05, 3.63) is 23.8 Å². The van der Waals surface area contributed by atoms with E-state index >= 15 is 0 Å². The Balaban J connectivity index is 2.23. The molecular formula is C10H12F2N2. The van der Waals surface area contributed by atoms with Crippen LogP contribution >= 0.6 is 0 Å². The fourth-order valence-corrected chi connectivity index (χ4v) is 1.44. The highest BCUT2D eigenvalue weighted by Crippen LogP contribution is 2.34. The van der Waals surface area contributed by atoms with E-state index in [1.807, 2.05) is 6.92 Å². The Kier molecular flexibility index (Phi) is 2.06. The highest BCUT2D eigenvalue weighted by Gasteiger charge is 2.33. The molecule has 1 saturated carbocycles. The minimum Gasteiger partial charge on any atom is -0.399 e. The topological polar surface area (TPSA) is 38.0 Å². The van der Waals surface area contributed by atoms with Gasteiger partial charge in [-0.2, -0.15) is 0 Å². The van der Waals surface area contributed by atoms with Crippen LogP contribution in [0.5, 0.6) is 0 Å². The number of benzene rings is 1.